The second kappa shape index (κ2) is 4.11. The number of nitrogens with one attached hydrogen (secondary N) is 1. The molecule has 0 aliphatic heterocycles. The Morgan fingerprint density at radius 2 is 2.00 bits per heavy atom. The van der Waals surface area contributed by atoms with Gasteiger partial charge in [0.25, 0.3) is 0 Å². The van der Waals surface area contributed by atoms with Crippen molar-refractivity contribution in [2.45, 2.75) is 6.92 Å². The van der Waals surface area contributed by atoms with Crippen LogP contribution in [-0.2, 0) is 0 Å². The van der Waals surface area contributed by atoms with E-state index in [1.165, 1.54) is 0 Å². The van der Waals surface area contributed by atoms with Gasteiger partial charge in [-0.2, -0.15) is 0 Å². The topological polar surface area (TPSA) is 45.8 Å². The molecule has 0 aliphatic carbocycles. The maximum atomic E-state index is 12.5. The number of H-pyrrole nitrogens is 1. The van der Waals surface area contributed by atoms with Crippen LogP contribution in [0.5, 0.6) is 0 Å². The molecule has 18 heavy (non-hydrogen) atoms. The average Bonchev–Trinajstić information content (AvgIpc) is 2.82. The molecule has 3 aromatic rings. The first kappa shape index (κ1) is 10.7. The van der Waals surface area contributed by atoms with Crippen LogP contribution in [-0.4, -0.2) is 15.8 Å². The fourth-order valence-corrected chi connectivity index (χ4v) is 2.11. The molecule has 0 bridgehead atoms. The lowest BCUT2D eigenvalue weighted by Gasteiger charge is -2.02. The van der Waals surface area contributed by atoms with Gasteiger partial charge in [-0.3, -0.25) is 9.78 Å². The Balaban J connectivity index is 2.16. The number of hydrogen-bond donors (Lipinski definition) is 1. The molecule has 2 aromatic heterocycles. The van der Waals surface area contributed by atoms with Crippen LogP contribution in [0, 0.1) is 6.92 Å². The molecule has 0 amide bonds. The van der Waals surface area contributed by atoms with Crippen LogP contribution in [0.15, 0.2) is 48.8 Å². The van der Waals surface area contributed by atoms with Crippen LogP contribution in [0.4, 0.5) is 0 Å². The zero-order valence-corrected chi connectivity index (χ0v) is 9.97. The number of benzene rings is 1. The number of aryl methyl sites for hydroxylation is 1. The van der Waals surface area contributed by atoms with Gasteiger partial charge in [-0.15, -0.1) is 0 Å². The summed E-state index contributed by atoms with van der Waals surface area (Å²) in [6.07, 6.45) is 3.40. The highest BCUT2D eigenvalue weighted by Gasteiger charge is 2.16. The zero-order valence-electron chi connectivity index (χ0n) is 9.97. The molecule has 1 N–H and O–H groups in total. The van der Waals surface area contributed by atoms with Crippen molar-refractivity contribution in [3.8, 4) is 0 Å². The lowest BCUT2D eigenvalue weighted by molar-refractivity contribution is 0.103. The third-order valence-electron chi connectivity index (χ3n) is 3.06. The predicted molar refractivity (Wildman–Crippen MR) is 70.7 cm³/mol. The molecule has 88 valence electrons. The Hall–Kier alpha value is -2.42. The molecule has 2 heterocycles. The van der Waals surface area contributed by atoms with Crippen molar-refractivity contribution in [1.82, 2.24) is 9.97 Å². The Morgan fingerprint density at radius 3 is 2.83 bits per heavy atom. The average molecular weight is 236 g/mol. The van der Waals surface area contributed by atoms with Gasteiger partial charge < -0.3 is 4.98 Å². The Kier molecular flexibility index (Phi) is 2.45. The monoisotopic (exact) mass is 236 g/mol. The highest BCUT2D eigenvalue weighted by molar-refractivity contribution is 6.15. The highest BCUT2D eigenvalue weighted by atomic mass is 16.1. The molecule has 0 aliphatic rings. The van der Waals surface area contributed by atoms with Crippen molar-refractivity contribution < 1.29 is 4.79 Å². The number of ketones is 1. The minimum absolute atomic E-state index is 0.0365. The van der Waals surface area contributed by atoms with Gasteiger partial charge >= 0.3 is 0 Å². The first-order valence-electron chi connectivity index (χ1n) is 5.80. The number of aromatic nitrogens is 2. The van der Waals surface area contributed by atoms with Gasteiger partial charge in [-0.25, -0.2) is 0 Å². The lowest BCUT2D eigenvalue weighted by Crippen LogP contribution is -2.05. The normalized spacial score (nSPS) is 10.7. The van der Waals surface area contributed by atoms with Crippen LogP contribution in [0.1, 0.15) is 21.6 Å². The van der Waals surface area contributed by atoms with Crippen LogP contribution >= 0.6 is 0 Å². The van der Waals surface area contributed by atoms with Crippen molar-refractivity contribution in [1.29, 1.82) is 0 Å². The van der Waals surface area contributed by atoms with Crippen LogP contribution in [0.3, 0.4) is 0 Å². The Bertz CT molecular complexity index is 728. The van der Waals surface area contributed by atoms with Crippen LogP contribution < -0.4 is 0 Å². The van der Waals surface area contributed by atoms with Crippen LogP contribution in [0.25, 0.3) is 10.9 Å². The van der Waals surface area contributed by atoms with E-state index < -0.39 is 0 Å². The molecule has 0 saturated heterocycles. The molecule has 0 saturated carbocycles. The van der Waals surface area contributed by atoms with Crippen molar-refractivity contribution in [2.24, 2.45) is 0 Å². The molecule has 0 radical (unpaired) electrons. The molecule has 3 heteroatoms. The number of pyridine rings is 1. The van der Waals surface area contributed by atoms with Crippen molar-refractivity contribution >= 4 is 16.7 Å². The van der Waals surface area contributed by atoms with E-state index in [-0.39, 0.29) is 5.78 Å². The summed E-state index contributed by atoms with van der Waals surface area (Å²) in [5, 5.41) is 0.938. The smallest absolute Gasteiger partial charge is 0.213 e. The summed E-state index contributed by atoms with van der Waals surface area (Å²) in [6.45, 7) is 1.90. The largest absolute Gasteiger partial charge is 0.360 e. The van der Waals surface area contributed by atoms with Gasteiger partial charge in [0.05, 0.1) is 0 Å². The van der Waals surface area contributed by atoms with E-state index in [0.29, 0.717) is 11.3 Å². The molecule has 0 atom stereocenters. The molecule has 3 rings (SSSR count). The van der Waals surface area contributed by atoms with E-state index in [1.807, 2.05) is 43.3 Å². The van der Waals surface area contributed by atoms with E-state index >= 15 is 0 Å². The summed E-state index contributed by atoms with van der Waals surface area (Å²) < 4.78 is 0. The second-order valence-electron chi connectivity index (χ2n) is 4.25. The van der Waals surface area contributed by atoms with Gasteiger partial charge in [-0.05, 0) is 24.6 Å². The van der Waals surface area contributed by atoms with E-state index in [4.69, 9.17) is 0 Å². The second-order valence-corrected chi connectivity index (χ2v) is 4.25. The quantitative estimate of drug-likeness (QED) is 0.695. The van der Waals surface area contributed by atoms with Gasteiger partial charge in [0.2, 0.25) is 5.78 Å². The molecule has 0 unspecified atom stereocenters. The number of carbonyl (C=O) groups excluding carboxylic acids is 1. The zero-order chi connectivity index (χ0) is 12.5. The van der Waals surface area contributed by atoms with Gasteiger partial charge in [0.1, 0.15) is 5.69 Å². The Morgan fingerprint density at radius 1 is 1.17 bits per heavy atom. The molecular formula is C15H12N2O. The summed E-state index contributed by atoms with van der Waals surface area (Å²) in [5.41, 5.74) is 3.05. The SMILES string of the molecule is Cc1cccnc1C(=O)c1c[nH]c2ccccc12. The summed E-state index contributed by atoms with van der Waals surface area (Å²) in [6, 6.07) is 11.5. The summed E-state index contributed by atoms with van der Waals surface area (Å²) >= 11 is 0. The van der Waals surface area contributed by atoms with Gasteiger partial charge in [-0.1, -0.05) is 24.3 Å². The standard InChI is InChI=1S/C15H12N2O/c1-10-5-4-8-16-14(10)15(18)12-9-17-13-7-3-2-6-11(12)13/h2-9,17H,1H3. The predicted octanol–water partition coefficient (Wildman–Crippen LogP) is 3.10. The number of fused-ring (bicyclic) bond motifs is 1. The maximum absolute atomic E-state index is 12.5. The van der Waals surface area contributed by atoms with Crippen molar-refractivity contribution in [2.75, 3.05) is 0 Å². The minimum atomic E-state index is -0.0365. The Labute approximate surface area is 104 Å². The van der Waals surface area contributed by atoms with Crippen molar-refractivity contribution in [3.05, 3.63) is 65.6 Å². The van der Waals surface area contributed by atoms with Gasteiger partial charge in [0, 0.05) is 28.9 Å². The lowest BCUT2D eigenvalue weighted by atomic mass is 10.0. The fraction of sp³-hybridized carbons (Fsp3) is 0.0667. The summed E-state index contributed by atoms with van der Waals surface area (Å²) in [5.74, 6) is -0.0365. The molecule has 3 nitrogen and oxygen atoms in total. The summed E-state index contributed by atoms with van der Waals surface area (Å²) in [4.78, 5) is 19.7. The molecule has 0 spiro atoms. The van der Waals surface area contributed by atoms with E-state index in [0.717, 1.165) is 16.5 Å². The van der Waals surface area contributed by atoms with Gasteiger partial charge in [0.15, 0.2) is 0 Å². The third-order valence-corrected chi connectivity index (χ3v) is 3.06. The number of nitrogens with zero attached hydrogens (tertiary/aromatic N) is 1. The number of rotatable bonds is 2. The fourth-order valence-electron chi connectivity index (χ4n) is 2.11. The number of hydrogen-bond acceptors (Lipinski definition) is 2. The molecular weight excluding hydrogens is 224 g/mol. The number of carbonyl (C=O) groups is 1. The van der Waals surface area contributed by atoms with E-state index in [1.54, 1.807) is 12.4 Å². The first-order chi connectivity index (χ1) is 8.77. The van der Waals surface area contributed by atoms with E-state index in [2.05, 4.69) is 9.97 Å². The third kappa shape index (κ3) is 1.61. The number of para-hydroxylation sites is 1. The highest BCUT2D eigenvalue weighted by Crippen LogP contribution is 2.21. The number of aromatic amines is 1. The molecule has 0 fully saturated rings. The summed E-state index contributed by atoms with van der Waals surface area (Å²) in [7, 11) is 0. The van der Waals surface area contributed by atoms with Crippen LogP contribution in [0.2, 0.25) is 0 Å². The van der Waals surface area contributed by atoms with E-state index in [9.17, 15) is 4.79 Å². The maximum Gasteiger partial charge on any atom is 0.213 e. The molecule has 1 aromatic carbocycles. The van der Waals surface area contributed by atoms with Crippen molar-refractivity contribution in [3.63, 3.8) is 0 Å². The first-order valence-corrected chi connectivity index (χ1v) is 5.80. The minimum Gasteiger partial charge on any atom is -0.360 e.